The van der Waals surface area contributed by atoms with Crippen LogP contribution < -0.4 is 5.56 Å². The van der Waals surface area contributed by atoms with Gasteiger partial charge in [0.05, 0.1) is 18.8 Å². The zero-order chi connectivity index (χ0) is 20.6. The maximum Gasteiger partial charge on any atom is 0.411 e. The molecule has 9 nitrogen and oxygen atoms in total. The number of pyridine rings is 1. The zero-order valence-electron chi connectivity index (χ0n) is 16.5. The number of nitrogens with one attached hydrogen (secondary N) is 1. The average molecular weight is 398 g/mol. The summed E-state index contributed by atoms with van der Waals surface area (Å²) in [6.07, 6.45) is -0.459. The van der Waals surface area contributed by atoms with Crippen LogP contribution in [0, 0.1) is 0 Å². The van der Waals surface area contributed by atoms with Gasteiger partial charge in [-0.25, -0.2) is 4.79 Å². The van der Waals surface area contributed by atoms with E-state index in [0.29, 0.717) is 30.1 Å². The van der Waals surface area contributed by atoms with Crippen LogP contribution in [-0.4, -0.2) is 51.5 Å². The second-order valence-electron chi connectivity index (χ2n) is 7.82. The van der Waals surface area contributed by atoms with E-state index in [1.165, 1.54) is 6.07 Å². The molecule has 0 bridgehead atoms. The molecule has 0 aliphatic carbocycles. The molecule has 1 aliphatic heterocycles. The molecule has 1 amide bonds. The van der Waals surface area contributed by atoms with Crippen LogP contribution in [0.2, 0.25) is 0 Å². The summed E-state index contributed by atoms with van der Waals surface area (Å²) in [6, 6.07) is 8.24. The number of fused-ring (bicyclic) bond motifs is 1. The third kappa shape index (κ3) is 4.00. The quantitative estimate of drug-likeness (QED) is 0.706. The lowest BCUT2D eigenvalue weighted by atomic mass is 10.1. The summed E-state index contributed by atoms with van der Waals surface area (Å²) < 4.78 is 16.5. The number of rotatable bonds is 2. The van der Waals surface area contributed by atoms with Crippen LogP contribution in [0.5, 0.6) is 0 Å². The van der Waals surface area contributed by atoms with Gasteiger partial charge in [0, 0.05) is 23.5 Å². The van der Waals surface area contributed by atoms with Crippen molar-refractivity contribution in [3.63, 3.8) is 0 Å². The molecule has 1 saturated heterocycles. The minimum atomic E-state index is -0.619. The van der Waals surface area contributed by atoms with Gasteiger partial charge in [0.15, 0.2) is 5.82 Å². The fourth-order valence-corrected chi connectivity index (χ4v) is 3.22. The Bertz CT molecular complexity index is 1100. The lowest BCUT2D eigenvalue weighted by molar-refractivity contribution is -0.0354. The van der Waals surface area contributed by atoms with E-state index in [9.17, 15) is 9.59 Å². The first kappa shape index (κ1) is 19.1. The Morgan fingerprint density at radius 3 is 2.90 bits per heavy atom. The lowest BCUT2D eigenvalue weighted by Gasteiger charge is -2.34. The molecule has 0 unspecified atom stereocenters. The number of morpholine rings is 1. The van der Waals surface area contributed by atoms with Gasteiger partial charge in [-0.15, -0.1) is 0 Å². The molecule has 4 rings (SSSR count). The van der Waals surface area contributed by atoms with Crippen LogP contribution in [0.15, 0.2) is 39.6 Å². The number of nitrogens with zero attached hydrogens (tertiary/aromatic N) is 3. The highest BCUT2D eigenvalue weighted by Gasteiger charge is 2.35. The summed E-state index contributed by atoms with van der Waals surface area (Å²) in [6.45, 7) is 6.42. The SMILES string of the molecule is CC(C)(C)OC(=O)N1CCOC[C@H]1c1noc(-c2cc(=O)[nH]c3ccccc23)n1. The number of hydrogen-bond donors (Lipinski definition) is 1. The Kier molecular flexibility index (Phi) is 4.83. The molecule has 29 heavy (non-hydrogen) atoms. The van der Waals surface area contributed by atoms with Crippen LogP contribution in [0.25, 0.3) is 22.4 Å². The molecule has 1 atom stereocenters. The Balaban J connectivity index is 1.68. The predicted molar refractivity (Wildman–Crippen MR) is 104 cm³/mol. The second-order valence-corrected chi connectivity index (χ2v) is 7.82. The molecule has 1 fully saturated rings. The molecule has 152 valence electrons. The molecular weight excluding hydrogens is 376 g/mol. The van der Waals surface area contributed by atoms with Crippen molar-refractivity contribution in [1.82, 2.24) is 20.0 Å². The zero-order valence-corrected chi connectivity index (χ0v) is 16.5. The van der Waals surface area contributed by atoms with E-state index >= 15 is 0 Å². The van der Waals surface area contributed by atoms with Gasteiger partial charge in [-0.3, -0.25) is 9.69 Å². The summed E-state index contributed by atoms with van der Waals surface area (Å²) in [5.41, 5.74) is 0.316. The number of hydrogen-bond acceptors (Lipinski definition) is 7. The summed E-state index contributed by atoms with van der Waals surface area (Å²) in [7, 11) is 0. The number of ether oxygens (including phenoxy) is 2. The van der Waals surface area contributed by atoms with E-state index in [-0.39, 0.29) is 18.1 Å². The van der Waals surface area contributed by atoms with Crippen molar-refractivity contribution in [2.75, 3.05) is 19.8 Å². The predicted octanol–water partition coefficient (Wildman–Crippen LogP) is 2.89. The van der Waals surface area contributed by atoms with E-state index in [4.69, 9.17) is 14.0 Å². The standard InChI is InChI=1S/C20H22N4O5/c1-20(2,3)28-19(26)24-8-9-27-11-15(24)17-22-18(29-23-17)13-10-16(25)21-14-7-5-4-6-12(13)14/h4-7,10,15H,8-9,11H2,1-3H3,(H,21,25)/t15-/m0/s1. The molecule has 0 saturated carbocycles. The normalized spacial score (nSPS) is 17.5. The first-order valence-electron chi connectivity index (χ1n) is 9.35. The van der Waals surface area contributed by atoms with Crippen molar-refractivity contribution in [2.45, 2.75) is 32.4 Å². The highest BCUT2D eigenvalue weighted by Crippen LogP contribution is 2.29. The maximum atomic E-state index is 12.6. The fourth-order valence-electron chi connectivity index (χ4n) is 3.22. The Hall–Kier alpha value is -3.20. The Morgan fingerprint density at radius 2 is 2.10 bits per heavy atom. The smallest absolute Gasteiger partial charge is 0.411 e. The first-order valence-corrected chi connectivity index (χ1v) is 9.35. The maximum absolute atomic E-state index is 12.6. The Labute approximate surface area is 166 Å². The molecule has 0 spiro atoms. The number of para-hydroxylation sites is 1. The van der Waals surface area contributed by atoms with Gasteiger partial charge in [-0.05, 0) is 26.8 Å². The van der Waals surface area contributed by atoms with E-state index in [2.05, 4.69) is 15.1 Å². The van der Waals surface area contributed by atoms with Crippen LogP contribution in [0.3, 0.4) is 0 Å². The van der Waals surface area contributed by atoms with Gasteiger partial charge in [0.2, 0.25) is 5.56 Å². The van der Waals surface area contributed by atoms with Crippen molar-refractivity contribution in [3.8, 4) is 11.5 Å². The van der Waals surface area contributed by atoms with Crippen molar-refractivity contribution in [2.24, 2.45) is 0 Å². The fraction of sp³-hybridized carbons (Fsp3) is 0.400. The number of benzene rings is 1. The minimum absolute atomic E-state index is 0.206. The number of H-pyrrole nitrogens is 1. The molecule has 3 aromatic rings. The highest BCUT2D eigenvalue weighted by atomic mass is 16.6. The largest absolute Gasteiger partial charge is 0.444 e. The topological polar surface area (TPSA) is 111 Å². The summed E-state index contributed by atoms with van der Waals surface area (Å²) in [4.78, 5) is 33.4. The molecular formula is C20H22N4O5. The van der Waals surface area contributed by atoms with Gasteiger partial charge < -0.3 is 19.0 Å². The van der Waals surface area contributed by atoms with Gasteiger partial charge >= 0.3 is 6.09 Å². The molecule has 2 aromatic heterocycles. The van der Waals surface area contributed by atoms with Gasteiger partial charge in [0.25, 0.3) is 5.89 Å². The Morgan fingerprint density at radius 1 is 1.31 bits per heavy atom. The molecule has 1 N–H and O–H groups in total. The van der Waals surface area contributed by atoms with Crippen molar-refractivity contribution in [3.05, 3.63) is 46.5 Å². The highest BCUT2D eigenvalue weighted by molar-refractivity contribution is 5.91. The first-order chi connectivity index (χ1) is 13.8. The van der Waals surface area contributed by atoms with Gasteiger partial charge in [-0.2, -0.15) is 4.98 Å². The number of carbonyl (C=O) groups excluding carboxylic acids is 1. The molecule has 3 heterocycles. The third-order valence-corrected chi connectivity index (χ3v) is 4.48. The summed E-state index contributed by atoms with van der Waals surface area (Å²) in [5, 5.41) is 4.84. The molecule has 0 radical (unpaired) electrons. The average Bonchev–Trinajstić information content (AvgIpc) is 3.16. The molecule has 1 aliphatic rings. The lowest BCUT2D eigenvalue weighted by Crippen LogP contribution is -2.46. The number of aromatic amines is 1. The van der Waals surface area contributed by atoms with Crippen LogP contribution in [-0.2, 0) is 9.47 Å². The van der Waals surface area contributed by atoms with Gasteiger partial charge in [-0.1, -0.05) is 23.4 Å². The second kappa shape index (κ2) is 7.32. The number of amides is 1. The van der Waals surface area contributed by atoms with E-state index < -0.39 is 17.7 Å². The van der Waals surface area contributed by atoms with Crippen LogP contribution in [0.4, 0.5) is 4.79 Å². The van der Waals surface area contributed by atoms with Gasteiger partial charge in [0.1, 0.15) is 11.6 Å². The van der Waals surface area contributed by atoms with Crippen LogP contribution in [0.1, 0.15) is 32.6 Å². The number of aromatic nitrogens is 3. The molecule has 9 heteroatoms. The van der Waals surface area contributed by atoms with E-state index in [0.717, 1.165) is 5.39 Å². The monoisotopic (exact) mass is 398 g/mol. The van der Waals surface area contributed by atoms with E-state index in [1.807, 2.05) is 39.0 Å². The van der Waals surface area contributed by atoms with Crippen molar-refractivity contribution < 1.29 is 18.8 Å². The summed E-state index contributed by atoms with van der Waals surface area (Å²) in [5.74, 6) is 0.506. The van der Waals surface area contributed by atoms with E-state index in [1.54, 1.807) is 11.0 Å². The van der Waals surface area contributed by atoms with Crippen LogP contribution >= 0.6 is 0 Å². The van der Waals surface area contributed by atoms with Crippen molar-refractivity contribution in [1.29, 1.82) is 0 Å². The third-order valence-electron chi connectivity index (χ3n) is 4.48. The van der Waals surface area contributed by atoms with Crippen molar-refractivity contribution >= 4 is 17.0 Å². The molecule has 1 aromatic carbocycles. The minimum Gasteiger partial charge on any atom is -0.444 e. The number of carbonyl (C=O) groups is 1. The summed E-state index contributed by atoms with van der Waals surface area (Å²) >= 11 is 0.